The van der Waals surface area contributed by atoms with E-state index in [-0.39, 0.29) is 24.0 Å². The average Bonchev–Trinajstić information content (AvgIpc) is 3.34. The van der Waals surface area contributed by atoms with E-state index in [0.29, 0.717) is 24.0 Å². The fraction of sp³-hybridized carbons (Fsp3) is 0.562. The number of nitrogens with zero attached hydrogens (tertiary/aromatic N) is 4. The third kappa shape index (κ3) is 5.18. The number of H-pyrrole nitrogens is 1. The van der Waals surface area contributed by atoms with Gasteiger partial charge in [0.2, 0.25) is 5.82 Å². The number of aromatic nitrogens is 3. The Hall–Kier alpha value is -1.62. The Balaban J connectivity index is 0.00000225. The Labute approximate surface area is 164 Å². The molecular formula is C16H25IN6O2. The highest BCUT2D eigenvalue weighted by Crippen LogP contribution is 2.17. The van der Waals surface area contributed by atoms with Crippen molar-refractivity contribution in [2.75, 3.05) is 33.4 Å². The lowest BCUT2D eigenvalue weighted by atomic mass is 10.1. The molecule has 1 atom stereocenters. The van der Waals surface area contributed by atoms with Crippen LogP contribution in [0.4, 0.5) is 0 Å². The number of rotatable bonds is 6. The SMILES string of the molecule is CCOCC1CCN(C(=NC)NCc2nc(-c3ccco3)n[nH]2)C1.I. The van der Waals surface area contributed by atoms with Crippen LogP contribution in [0.1, 0.15) is 19.2 Å². The number of likely N-dealkylation sites (tertiary alicyclic amines) is 1. The lowest BCUT2D eigenvalue weighted by Gasteiger charge is -2.21. The summed E-state index contributed by atoms with van der Waals surface area (Å²) < 4.78 is 10.8. The molecule has 3 heterocycles. The summed E-state index contributed by atoms with van der Waals surface area (Å²) in [5.41, 5.74) is 0. The molecule has 25 heavy (non-hydrogen) atoms. The van der Waals surface area contributed by atoms with Gasteiger partial charge < -0.3 is 19.4 Å². The predicted molar refractivity (Wildman–Crippen MR) is 106 cm³/mol. The molecular weight excluding hydrogens is 435 g/mol. The number of aliphatic imine (C=N–C) groups is 1. The molecule has 0 aromatic carbocycles. The first kappa shape index (κ1) is 19.7. The maximum absolute atomic E-state index is 5.53. The smallest absolute Gasteiger partial charge is 0.216 e. The van der Waals surface area contributed by atoms with Crippen molar-refractivity contribution in [1.29, 1.82) is 0 Å². The van der Waals surface area contributed by atoms with Gasteiger partial charge in [-0.1, -0.05) is 0 Å². The summed E-state index contributed by atoms with van der Waals surface area (Å²) in [6.07, 6.45) is 2.74. The molecule has 138 valence electrons. The van der Waals surface area contributed by atoms with E-state index in [2.05, 4.69) is 30.4 Å². The van der Waals surface area contributed by atoms with Crippen LogP contribution in [0.5, 0.6) is 0 Å². The number of nitrogens with one attached hydrogen (secondary N) is 2. The monoisotopic (exact) mass is 460 g/mol. The number of furan rings is 1. The Bertz CT molecular complexity index is 657. The third-order valence-electron chi connectivity index (χ3n) is 4.04. The quantitative estimate of drug-likeness (QED) is 0.390. The molecule has 0 amide bonds. The van der Waals surface area contributed by atoms with Gasteiger partial charge in [-0.15, -0.1) is 29.1 Å². The molecule has 0 aliphatic carbocycles. The van der Waals surface area contributed by atoms with Crippen LogP contribution in [0.3, 0.4) is 0 Å². The van der Waals surface area contributed by atoms with Gasteiger partial charge in [-0.25, -0.2) is 4.98 Å². The molecule has 3 rings (SSSR count). The summed E-state index contributed by atoms with van der Waals surface area (Å²) in [6.45, 7) is 6.11. The van der Waals surface area contributed by atoms with Crippen LogP contribution >= 0.6 is 24.0 Å². The van der Waals surface area contributed by atoms with Crippen molar-refractivity contribution in [3.05, 3.63) is 24.2 Å². The molecule has 1 aliphatic rings. The zero-order chi connectivity index (χ0) is 16.8. The molecule has 0 spiro atoms. The fourth-order valence-corrected chi connectivity index (χ4v) is 2.83. The second-order valence-electron chi connectivity index (χ2n) is 5.74. The Morgan fingerprint density at radius 1 is 1.56 bits per heavy atom. The van der Waals surface area contributed by atoms with Gasteiger partial charge in [-0.05, 0) is 25.5 Å². The van der Waals surface area contributed by atoms with Crippen molar-refractivity contribution in [3.63, 3.8) is 0 Å². The van der Waals surface area contributed by atoms with Crippen LogP contribution in [-0.4, -0.2) is 59.4 Å². The first-order chi connectivity index (χ1) is 11.8. The maximum Gasteiger partial charge on any atom is 0.216 e. The summed E-state index contributed by atoms with van der Waals surface area (Å²) in [4.78, 5) is 11.0. The molecule has 8 nitrogen and oxygen atoms in total. The van der Waals surface area contributed by atoms with Crippen LogP contribution in [0, 0.1) is 5.92 Å². The molecule has 2 N–H and O–H groups in total. The number of aromatic amines is 1. The highest BCUT2D eigenvalue weighted by Gasteiger charge is 2.25. The largest absolute Gasteiger partial charge is 0.461 e. The molecule has 0 radical (unpaired) electrons. The second-order valence-corrected chi connectivity index (χ2v) is 5.74. The van der Waals surface area contributed by atoms with Crippen LogP contribution in [-0.2, 0) is 11.3 Å². The van der Waals surface area contributed by atoms with Crippen molar-refractivity contribution in [2.24, 2.45) is 10.9 Å². The molecule has 1 unspecified atom stereocenters. The lowest BCUT2D eigenvalue weighted by molar-refractivity contribution is 0.114. The fourth-order valence-electron chi connectivity index (χ4n) is 2.83. The first-order valence-electron chi connectivity index (χ1n) is 8.28. The number of halogens is 1. The van der Waals surface area contributed by atoms with Gasteiger partial charge in [0.1, 0.15) is 5.82 Å². The second kappa shape index (κ2) is 9.76. The van der Waals surface area contributed by atoms with Crippen molar-refractivity contribution in [2.45, 2.75) is 19.9 Å². The Morgan fingerprint density at radius 3 is 3.16 bits per heavy atom. The minimum Gasteiger partial charge on any atom is -0.461 e. The van der Waals surface area contributed by atoms with Crippen LogP contribution in [0.25, 0.3) is 11.6 Å². The zero-order valence-corrected chi connectivity index (χ0v) is 16.9. The van der Waals surface area contributed by atoms with Gasteiger partial charge in [0, 0.05) is 32.7 Å². The number of hydrogen-bond donors (Lipinski definition) is 2. The van der Waals surface area contributed by atoms with Gasteiger partial charge in [-0.3, -0.25) is 10.1 Å². The van der Waals surface area contributed by atoms with E-state index in [1.54, 1.807) is 13.3 Å². The Kier molecular flexibility index (Phi) is 7.69. The van der Waals surface area contributed by atoms with E-state index >= 15 is 0 Å². The average molecular weight is 460 g/mol. The van der Waals surface area contributed by atoms with Crippen molar-refractivity contribution >= 4 is 29.9 Å². The third-order valence-corrected chi connectivity index (χ3v) is 4.04. The molecule has 0 saturated carbocycles. The van der Waals surface area contributed by atoms with E-state index in [4.69, 9.17) is 9.15 Å². The molecule has 0 bridgehead atoms. The summed E-state index contributed by atoms with van der Waals surface area (Å²) in [5.74, 6) is 3.40. The van der Waals surface area contributed by atoms with Crippen LogP contribution in [0.2, 0.25) is 0 Å². The standard InChI is InChI=1S/C16H24N6O2.HI/c1-3-23-11-12-6-7-22(10-12)16(17-2)18-9-14-19-15(21-20-14)13-5-4-8-24-13;/h4-5,8,12H,3,6-7,9-11H2,1-2H3,(H,17,18)(H,19,20,21);1H. The lowest BCUT2D eigenvalue weighted by Crippen LogP contribution is -2.40. The van der Waals surface area contributed by atoms with E-state index < -0.39 is 0 Å². The number of guanidine groups is 1. The van der Waals surface area contributed by atoms with Crippen molar-refractivity contribution in [3.8, 4) is 11.6 Å². The van der Waals surface area contributed by atoms with Crippen molar-refractivity contribution in [1.82, 2.24) is 25.4 Å². The van der Waals surface area contributed by atoms with E-state index in [0.717, 1.165) is 44.5 Å². The van der Waals surface area contributed by atoms with Crippen LogP contribution < -0.4 is 5.32 Å². The topological polar surface area (TPSA) is 91.6 Å². The summed E-state index contributed by atoms with van der Waals surface area (Å²) >= 11 is 0. The number of ether oxygens (including phenoxy) is 1. The minimum absolute atomic E-state index is 0. The molecule has 2 aromatic heterocycles. The zero-order valence-electron chi connectivity index (χ0n) is 14.6. The molecule has 1 fully saturated rings. The maximum atomic E-state index is 5.53. The molecule has 1 aliphatic heterocycles. The van der Waals surface area contributed by atoms with Gasteiger partial charge in [0.15, 0.2) is 11.7 Å². The minimum atomic E-state index is 0. The van der Waals surface area contributed by atoms with Gasteiger partial charge in [0.05, 0.1) is 19.4 Å². The molecule has 1 saturated heterocycles. The van der Waals surface area contributed by atoms with E-state index in [9.17, 15) is 0 Å². The van der Waals surface area contributed by atoms with E-state index in [1.807, 2.05) is 19.1 Å². The Morgan fingerprint density at radius 2 is 2.44 bits per heavy atom. The summed E-state index contributed by atoms with van der Waals surface area (Å²) in [7, 11) is 1.80. The van der Waals surface area contributed by atoms with Gasteiger partial charge >= 0.3 is 0 Å². The summed E-state index contributed by atoms with van der Waals surface area (Å²) in [6, 6.07) is 3.65. The summed E-state index contributed by atoms with van der Waals surface area (Å²) in [5, 5.41) is 10.4. The first-order valence-corrected chi connectivity index (χ1v) is 8.28. The van der Waals surface area contributed by atoms with Crippen molar-refractivity contribution < 1.29 is 9.15 Å². The van der Waals surface area contributed by atoms with Gasteiger partial charge in [-0.2, -0.15) is 0 Å². The highest BCUT2D eigenvalue weighted by atomic mass is 127. The molecule has 9 heteroatoms. The number of hydrogen-bond acceptors (Lipinski definition) is 5. The normalized spacial score (nSPS) is 17.6. The predicted octanol–water partition coefficient (Wildman–Crippen LogP) is 2.12. The molecule has 2 aromatic rings. The highest BCUT2D eigenvalue weighted by molar-refractivity contribution is 14.0. The van der Waals surface area contributed by atoms with Gasteiger partial charge in [0.25, 0.3) is 0 Å². The van der Waals surface area contributed by atoms with E-state index in [1.165, 1.54) is 0 Å². The van der Waals surface area contributed by atoms with Crippen LogP contribution in [0.15, 0.2) is 27.8 Å².